The summed E-state index contributed by atoms with van der Waals surface area (Å²) in [6.45, 7) is 0. The summed E-state index contributed by atoms with van der Waals surface area (Å²) >= 11 is 0. The molecule has 8 nitrogen and oxygen atoms in total. The number of hydrogen-bond acceptors (Lipinski definition) is 6. The smallest absolute Gasteiger partial charge is 0.239 e. The Balaban J connectivity index is 1.67. The number of nitrogen functional groups attached to an aromatic ring is 1. The molecule has 0 atom stereocenters. The van der Waals surface area contributed by atoms with Crippen molar-refractivity contribution in [3.8, 4) is 11.4 Å². The van der Waals surface area contributed by atoms with Crippen LogP contribution in [0.5, 0.6) is 5.75 Å². The summed E-state index contributed by atoms with van der Waals surface area (Å²) in [7, 11) is 1.66. The number of ether oxygens (including phenoxy) is 1. The SMILES string of the molecule is COc1ccccc1-n1nc(C2CC2)nc1CCc1nc(N)n[nH]1. The lowest BCUT2D eigenvalue weighted by molar-refractivity contribution is 0.411. The van der Waals surface area contributed by atoms with Gasteiger partial charge in [0, 0.05) is 18.8 Å². The van der Waals surface area contributed by atoms with E-state index in [-0.39, 0.29) is 5.95 Å². The maximum absolute atomic E-state index is 5.56. The quantitative estimate of drug-likeness (QED) is 0.713. The fraction of sp³-hybridized carbons (Fsp3) is 0.375. The summed E-state index contributed by atoms with van der Waals surface area (Å²) in [5, 5.41) is 11.4. The zero-order valence-corrected chi connectivity index (χ0v) is 13.4. The van der Waals surface area contributed by atoms with Crippen LogP contribution in [0.15, 0.2) is 24.3 Å². The molecule has 0 radical (unpaired) electrons. The van der Waals surface area contributed by atoms with Crippen molar-refractivity contribution in [3.63, 3.8) is 0 Å². The summed E-state index contributed by atoms with van der Waals surface area (Å²) in [4.78, 5) is 8.89. The Morgan fingerprint density at radius 2 is 2.08 bits per heavy atom. The molecule has 3 N–H and O–H groups in total. The zero-order valence-electron chi connectivity index (χ0n) is 13.4. The average molecular weight is 325 g/mol. The first kappa shape index (κ1) is 14.7. The number of anilines is 1. The minimum atomic E-state index is 0.259. The Labute approximate surface area is 139 Å². The molecule has 3 aromatic rings. The predicted molar refractivity (Wildman–Crippen MR) is 88.1 cm³/mol. The molecule has 4 rings (SSSR count). The van der Waals surface area contributed by atoms with Gasteiger partial charge in [-0.15, -0.1) is 5.10 Å². The lowest BCUT2D eigenvalue weighted by Crippen LogP contribution is -2.07. The maximum atomic E-state index is 5.56. The van der Waals surface area contributed by atoms with Gasteiger partial charge < -0.3 is 10.5 Å². The van der Waals surface area contributed by atoms with Gasteiger partial charge in [0.15, 0.2) is 5.82 Å². The predicted octanol–water partition coefficient (Wildman–Crippen LogP) is 1.64. The minimum Gasteiger partial charge on any atom is -0.494 e. The van der Waals surface area contributed by atoms with E-state index in [1.807, 2.05) is 28.9 Å². The number of methoxy groups -OCH3 is 1. The molecule has 1 saturated carbocycles. The largest absolute Gasteiger partial charge is 0.494 e. The highest BCUT2D eigenvalue weighted by Crippen LogP contribution is 2.38. The molecule has 0 spiro atoms. The van der Waals surface area contributed by atoms with Crippen LogP contribution in [-0.4, -0.2) is 37.1 Å². The topological polar surface area (TPSA) is 108 Å². The second kappa shape index (κ2) is 5.95. The minimum absolute atomic E-state index is 0.259. The van der Waals surface area contributed by atoms with Crippen LogP contribution in [0.3, 0.4) is 0 Å². The number of aromatic nitrogens is 6. The summed E-state index contributed by atoms with van der Waals surface area (Å²) in [6.07, 6.45) is 3.68. The molecule has 124 valence electrons. The van der Waals surface area contributed by atoms with Crippen LogP contribution >= 0.6 is 0 Å². The molecule has 0 unspecified atom stereocenters. The van der Waals surface area contributed by atoms with E-state index in [1.54, 1.807) is 7.11 Å². The van der Waals surface area contributed by atoms with Crippen LogP contribution in [-0.2, 0) is 12.8 Å². The Bertz CT molecular complexity index is 850. The Kier molecular flexibility index (Phi) is 3.64. The van der Waals surface area contributed by atoms with Gasteiger partial charge in [-0.2, -0.15) is 10.1 Å². The molecule has 0 saturated heterocycles. The Hall–Kier alpha value is -2.90. The van der Waals surface area contributed by atoms with Gasteiger partial charge in [0.05, 0.1) is 7.11 Å². The van der Waals surface area contributed by atoms with Crippen LogP contribution in [0.25, 0.3) is 5.69 Å². The first-order valence-electron chi connectivity index (χ1n) is 8.00. The number of nitrogens with zero attached hydrogens (tertiary/aromatic N) is 5. The molecular formula is C16H19N7O. The van der Waals surface area contributed by atoms with Crippen LogP contribution < -0.4 is 10.5 Å². The third kappa shape index (κ3) is 2.82. The molecule has 0 bridgehead atoms. The van der Waals surface area contributed by atoms with Crippen molar-refractivity contribution in [3.05, 3.63) is 41.7 Å². The fourth-order valence-electron chi connectivity index (χ4n) is 2.69. The lowest BCUT2D eigenvalue weighted by Gasteiger charge is -2.10. The number of rotatable bonds is 6. The van der Waals surface area contributed by atoms with Gasteiger partial charge in [-0.1, -0.05) is 12.1 Å². The van der Waals surface area contributed by atoms with Gasteiger partial charge in [0.2, 0.25) is 5.95 Å². The molecule has 2 heterocycles. The van der Waals surface area contributed by atoms with Crippen molar-refractivity contribution >= 4 is 5.95 Å². The molecule has 24 heavy (non-hydrogen) atoms. The third-order valence-corrected chi connectivity index (χ3v) is 4.08. The van der Waals surface area contributed by atoms with Crippen molar-refractivity contribution < 1.29 is 4.74 Å². The molecule has 8 heteroatoms. The number of aryl methyl sites for hydroxylation is 2. The number of benzene rings is 1. The van der Waals surface area contributed by atoms with E-state index in [1.165, 1.54) is 0 Å². The van der Waals surface area contributed by atoms with E-state index >= 15 is 0 Å². The van der Waals surface area contributed by atoms with Crippen molar-refractivity contribution in [2.24, 2.45) is 0 Å². The number of H-pyrrole nitrogens is 1. The number of para-hydroxylation sites is 2. The molecule has 1 aliphatic carbocycles. The van der Waals surface area contributed by atoms with Crippen LogP contribution in [0.4, 0.5) is 5.95 Å². The highest BCUT2D eigenvalue weighted by molar-refractivity contribution is 5.46. The van der Waals surface area contributed by atoms with Gasteiger partial charge >= 0.3 is 0 Å². The van der Waals surface area contributed by atoms with Crippen LogP contribution in [0.2, 0.25) is 0 Å². The summed E-state index contributed by atoms with van der Waals surface area (Å²) in [5.41, 5.74) is 6.45. The van der Waals surface area contributed by atoms with Crippen molar-refractivity contribution in [1.82, 2.24) is 29.9 Å². The third-order valence-electron chi connectivity index (χ3n) is 4.08. The molecule has 0 aliphatic heterocycles. The second-order valence-corrected chi connectivity index (χ2v) is 5.88. The molecule has 1 fully saturated rings. The molecule has 1 aromatic carbocycles. The van der Waals surface area contributed by atoms with Gasteiger partial charge in [-0.05, 0) is 25.0 Å². The van der Waals surface area contributed by atoms with Crippen molar-refractivity contribution in [2.75, 3.05) is 12.8 Å². The van der Waals surface area contributed by atoms with Gasteiger partial charge in [0.1, 0.15) is 23.1 Å². The van der Waals surface area contributed by atoms with E-state index in [0.717, 1.165) is 41.8 Å². The lowest BCUT2D eigenvalue weighted by atomic mass is 10.2. The fourth-order valence-corrected chi connectivity index (χ4v) is 2.69. The van der Waals surface area contributed by atoms with Gasteiger partial charge in [-0.3, -0.25) is 5.10 Å². The number of nitrogens with one attached hydrogen (secondary N) is 1. The molecule has 0 amide bonds. The van der Waals surface area contributed by atoms with Gasteiger partial charge in [-0.25, -0.2) is 9.67 Å². The van der Waals surface area contributed by atoms with Crippen LogP contribution in [0.1, 0.15) is 36.2 Å². The van der Waals surface area contributed by atoms with Gasteiger partial charge in [0.25, 0.3) is 0 Å². The summed E-state index contributed by atoms with van der Waals surface area (Å²) < 4.78 is 7.35. The summed E-state index contributed by atoms with van der Waals surface area (Å²) in [5.74, 6) is 4.06. The standard InChI is InChI=1S/C16H19N7O/c1-24-12-5-3-2-4-11(12)23-14(19-15(22-23)10-6-7-10)9-8-13-18-16(17)21-20-13/h2-5,10H,6-9H2,1H3,(H3,17,18,20,21). The highest BCUT2D eigenvalue weighted by Gasteiger charge is 2.29. The van der Waals surface area contributed by atoms with E-state index in [9.17, 15) is 0 Å². The Morgan fingerprint density at radius 3 is 2.79 bits per heavy atom. The summed E-state index contributed by atoms with van der Waals surface area (Å²) in [6, 6.07) is 7.82. The van der Waals surface area contributed by atoms with E-state index in [0.29, 0.717) is 18.8 Å². The van der Waals surface area contributed by atoms with Crippen LogP contribution in [0, 0.1) is 0 Å². The molecule has 1 aliphatic rings. The number of hydrogen-bond donors (Lipinski definition) is 2. The van der Waals surface area contributed by atoms with E-state index in [2.05, 4.69) is 15.2 Å². The monoisotopic (exact) mass is 325 g/mol. The van der Waals surface area contributed by atoms with E-state index in [4.69, 9.17) is 20.6 Å². The molecular weight excluding hydrogens is 306 g/mol. The zero-order chi connectivity index (χ0) is 16.5. The first-order chi connectivity index (χ1) is 11.7. The normalized spacial score (nSPS) is 14.0. The number of aromatic amines is 1. The Morgan fingerprint density at radius 1 is 1.25 bits per heavy atom. The first-order valence-corrected chi connectivity index (χ1v) is 8.00. The van der Waals surface area contributed by atoms with Crippen molar-refractivity contribution in [2.45, 2.75) is 31.6 Å². The maximum Gasteiger partial charge on any atom is 0.239 e. The average Bonchev–Trinajstić information content (AvgIpc) is 3.24. The van der Waals surface area contributed by atoms with E-state index < -0.39 is 0 Å². The second-order valence-electron chi connectivity index (χ2n) is 5.88. The molecule has 2 aromatic heterocycles. The van der Waals surface area contributed by atoms with Crippen molar-refractivity contribution in [1.29, 1.82) is 0 Å². The number of nitrogens with two attached hydrogens (primary N) is 1. The highest BCUT2D eigenvalue weighted by atomic mass is 16.5.